The largest absolute Gasteiger partial charge is 0.508 e. The van der Waals surface area contributed by atoms with Crippen molar-refractivity contribution in [2.24, 2.45) is 0 Å². The molecule has 0 amide bonds. The van der Waals surface area contributed by atoms with Gasteiger partial charge in [0.1, 0.15) is 59.6 Å². The van der Waals surface area contributed by atoms with Gasteiger partial charge >= 0.3 is 0 Å². The molecular weight excluding hydrogens is 592 g/mol. The average Bonchev–Trinajstić information content (AvgIpc) is 3.00. The Hall–Kier alpha value is -3.71. The first-order valence-corrected chi connectivity index (χ1v) is 13.4. The summed E-state index contributed by atoms with van der Waals surface area (Å²) in [5.41, 5.74) is -1.22. The minimum absolute atomic E-state index is 0.123. The van der Waals surface area contributed by atoms with Crippen LogP contribution in [0.3, 0.4) is 0 Å². The topological polar surface area (TPSA) is 258 Å². The predicted molar refractivity (Wildman–Crippen MR) is 145 cm³/mol. The SMILES string of the molecule is COc1c(O[C@@H]2O[C@H](CO)[C@@H](O)[C@@H](O)[C@H]2O)cc(O)c2c(=O)c(O[C@@H]3O[C@@H](C)[C@H](O)[C@H](O)[C@@H]3O)c(-c3ccc(O)cc3)oc12. The molecule has 3 heterocycles. The first kappa shape index (κ1) is 31.7. The Bertz CT molecular complexity index is 1540. The zero-order valence-corrected chi connectivity index (χ0v) is 23.3. The summed E-state index contributed by atoms with van der Waals surface area (Å²) in [6.07, 6.45) is -15.9. The van der Waals surface area contributed by atoms with E-state index in [0.717, 1.165) is 6.07 Å². The normalized spacial score (nSPS) is 32.4. The highest BCUT2D eigenvalue weighted by Crippen LogP contribution is 2.45. The summed E-state index contributed by atoms with van der Waals surface area (Å²) in [4.78, 5) is 13.9. The highest BCUT2D eigenvalue weighted by molar-refractivity contribution is 5.93. The zero-order chi connectivity index (χ0) is 32.0. The molecule has 2 aliphatic heterocycles. The van der Waals surface area contributed by atoms with E-state index >= 15 is 0 Å². The molecule has 3 aromatic rings. The molecule has 0 unspecified atom stereocenters. The Morgan fingerprint density at radius 2 is 1.41 bits per heavy atom. The lowest BCUT2D eigenvalue weighted by Crippen LogP contribution is -2.60. The molecule has 0 radical (unpaired) electrons. The summed E-state index contributed by atoms with van der Waals surface area (Å²) in [5.74, 6) is -2.36. The molecule has 2 fully saturated rings. The van der Waals surface area contributed by atoms with Crippen LogP contribution in [0.1, 0.15) is 6.92 Å². The van der Waals surface area contributed by atoms with Gasteiger partial charge in [0.2, 0.25) is 29.5 Å². The number of phenols is 2. The summed E-state index contributed by atoms with van der Waals surface area (Å²) in [7, 11) is 1.18. The minimum Gasteiger partial charge on any atom is -0.508 e. The number of ether oxygens (including phenoxy) is 5. The minimum atomic E-state index is -1.82. The van der Waals surface area contributed by atoms with Crippen molar-refractivity contribution in [3.05, 3.63) is 40.6 Å². The van der Waals surface area contributed by atoms with Crippen molar-refractivity contribution in [1.82, 2.24) is 0 Å². The molecule has 2 saturated heterocycles. The van der Waals surface area contributed by atoms with Gasteiger partial charge in [-0.3, -0.25) is 4.79 Å². The van der Waals surface area contributed by atoms with E-state index in [9.17, 15) is 50.8 Å². The summed E-state index contributed by atoms with van der Waals surface area (Å²) in [6.45, 7) is 0.681. The van der Waals surface area contributed by atoms with Crippen molar-refractivity contribution >= 4 is 11.0 Å². The maximum absolute atomic E-state index is 13.9. The molecule has 10 atom stereocenters. The van der Waals surface area contributed by atoms with Crippen molar-refractivity contribution < 1.29 is 74.1 Å². The highest BCUT2D eigenvalue weighted by atomic mass is 16.7. The lowest BCUT2D eigenvalue weighted by Gasteiger charge is -2.39. The average molecular weight is 625 g/mol. The fraction of sp³-hybridized carbons (Fsp3) is 0.464. The van der Waals surface area contributed by atoms with Crippen LogP contribution in [0.25, 0.3) is 22.3 Å². The monoisotopic (exact) mass is 624 g/mol. The third-order valence-corrected chi connectivity index (χ3v) is 7.49. The molecule has 16 heteroatoms. The van der Waals surface area contributed by atoms with Crippen LogP contribution >= 0.6 is 0 Å². The lowest BCUT2D eigenvalue weighted by molar-refractivity contribution is -0.277. The van der Waals surface area contributed by atoms with Crippen LogP contribution in [0, 0.1) is 0 Å². The first-order valence-electron chi connectivity index (χ1n) is 13.4. The van der Waals surface area contributed by atoms with Crippen LogP contribution in [0.15, 0.2) is 39.5 Å². The lowest BCUT2D eigenvalue weighted by atomic mass is 9.99. The summed E-state index contributed by atoms with van der Waals surface area (Å²) < 4.78 is 33.7. The van der Waals surface area contributed by atoms with E-state index in [0.29, 0.717) is 0 Å². The van der Waals surface area contributed by atoms with Crippen LogP contribution in [0.4, 0.5) is 0 Å². The Kier molecular flexibility index (Phi) is 8.90. The van der Waals surface area contributed by atoms with Crippen LogP contribution in [0.2, 0.25) is 0 Å². The highest BCUT2D eigenvalue weighted by Gasteiger charge is 2.46. The number of phenolic OH excluding ortho intramolecular Hbond substituents is 2. The third kappa shape index (κ3) is 5.51. The molecule has 0 spiro atoms. The molecule has 1 aromatic heterocycles. The van der Waals surface area contributed by atoms with Crippen molar-refractivity contribution in [2.45, 2.75) is 68.3 Å². The summed E-state index contributed by atoms with van der Waals surface area (Å²) in [5, 5.41) is 91.3. The molecule has 0 bridgehead atoms. The molecule has 44 heavy (non-hydrogen) atoms. The van der Waals surface area contributed by atoms with Gasteiger partial charge in [0.15, 0.2) is 17.1 Å². The maximum Gasteiger partial charge on any atom is 0.239 e. The Morgan fingerprint density at radius 3 is 2.02 bits per heavy atom. The fourth-order valence-electron chi connectivity index (χ4n) is 4.99. The first-order chi connectivity index (χ1) is 20.9. The molecular formula is C28H32O16. The van der Waals surface area contributed by atoms with E-state index < -0.39 is 90.3 Å². The van der Waals surface area contributed by atoms with Crippen molar-refractivity contribution in [2.75, 3.05) is 13.7 Å². The molecule has 9 N–H and O–H groups in total. The molecule has 2 aliphatic rings. The van der Waals surface area contributed by atoms with Crippen molar-refractivity contribution in [3.63, 3.8) is 0 Å². The number of aliphatic hydroxyl groups is 7. The van der Waals surface area contributed by atoms with Crippen molar-refractivity contribution in [1.29, 1.82) is 0 Å². The van der Waals surface area contributed by atoms with Crippen LogP contribution in [0.5, 0.6) is 28.7 Å². The van der Waals surface area contributed by atoms with Gasteiger partial charge < -0.3 is 74.1 Å². The number of hydrogen-bond acceptors (Lipinski definition) is 16. The summed E-state index contributed by atoms with van der Waals surface area (Å²) in [6, 6.07) is 6.23. The van der Waals surface area contributed by atoms with Crippen LogP contribution in [-0.2, 0) is 9.47 Å². The van der Waals surface area contributed by atoms with Gasteiger partial charge in [-0.25, -0.2) is 0 Å². The molecule has 16 nitrogen and oxygen atoms in total. The van der Waals surface area contributed by atoms with E-state index in [1.54, 1.807) is 0 Å². The molecule has 5 rings (SSSR count). The number of benzene rings is 2. The van der Waals surface area contributed by atoms with Gasteiger partial charge in [0.25, 0.3) is 0 Å². The van der Waals surface area contributed by atoms with Gasteiger partial charge in [-0.2, -0.15) is 0 Å². The number of methoxy groups -OCH3 is 1. The van der Waals surface area contributed by atoms with Crippen LogP contribution in [-0.4, -0.2) is 121 Å². The Labute approximate surface area is 248 Å². The fourth-order valence-corrected chi connectivity index (χ4v) is 4.99. The number of aromatic hydroxyl groups is 2. The zero-order valence-electron chi connectivity index (χ0n) is 23.3. The van der Waals surface area contributed by atoms with E-state index in [-0.39, 0.29) is 34.2 Å². The predicted octanol–water partition coefficient (Wildman–Crippen LogP) is -1.74. The Morgan fingerprint density at radius 1 is 0.795 bits per heavy atom. The van der Waals surface area contributed by atoms with E-state index in [1.165, 1.54) is 38.3 Å². The second kappa shape index (κ2) is 12.4. The van der Waals surface area contributed by atoms with Gasteiger partial charge in [0, 0.05) is 11.6 Å². The summed E-state index contributed by atoms with van der Waals surface area (Å²) >= 11 is 0. The van der Waals surface area contributed by atoms with E-state index in [1.807, 2.05) is 0 Å². The number of fused-ring (bicyclic) bond motifs is 1. The van der Waals surface area contributed by atoms with Crippen LogP contribution < -0.4 is 19.6 Å². The number of rotatable bonds is 7. The molecule has 0 aliphatic carbocycles. The smallest absolute Gasteiger partial charge is 0.239 e. The van der Waals surface area contributed by atoms with Gasteiger partial charge in [-0.1, -0.05) is 0 Å². The van der Waals surface area contributed by atoms with Crippen molar-refractivity contribution in [3.8, 4) is 40.1 Å². The van der Waals surface area contributed by atoms with Gasteiger partial charge in [-0.15, -0.1) is 0 Å². The third-order valence-electron chi connectivity index (χ3n) is 7.49. The maximum atomic E-state index is 13.9. The quantitative estimate of drug-likeness (QED) is 0.141. The number of aliphatic hydroxyl groups excluding tert-OH is 7. The Balaban J connectivity index is 1.65. The molecule has 2 aromatic carbocycles. The van der Waals surface area contributed by atoms with Gasteiger partial charge in [-0.05, 0) is 31.2 Å². The molecule has 240 valence electrons. The second-order valence-electron chi connectivity index (χ2n) is 10.4. The van der Waals surface area contributed by atoms with Gasteiger partial charge in [0.05, 0.1) is 19.8 Å². The van der Waals surface area contributed by atoms with E-state index in [4.69, 9.17) is 28.1 Å². The standard InChI is InChI=1S/C28H32O16/c1-9-16(32)19(35)21(37)27(40-9)44-26-18(34)15-12(31)7-13(41-28-22(38)20(36)17(33)14(8-29)42-28)24(39-2)25(15)43-23(26)10-3-5-11(30)6-4-10/h3-7,9,14,16-17,19-22,27-33,35-38H,8H2,1-2H3/t9-,14+,16-,17+,19-,20+,21-,22+,27-,28+/m0/s1. The molecule has 0 saturated carbocycles. The second-order valence-corrected chi connectivity index (χ2v) is 10.4. The van der Waals surface area contributed by atoms with E-state index in [2.05, 4.69) is 0 Å². The number of hydrogen-bond donors (Lipinski definition) is 9.